The number of pyridine rings is 1. The van der Waals surface area contributed by atoms with E-state index in [0.29, 0.717) is 38.2 Å². The maximum atomic E-state index is 13.4. The molecule has 1 fully saturated rings. The molecule has 2 aromatic carbocycles. The Morgan fingerprint density at radius 3 is 2.40 bits per heavy atom. The van der Waals surface area contributed by atoms with Gasteiger partial charge in [0.1, 0.15) is 0 Å². The van der Waals surface area contributed by atoms with Gasteiger partial charge in [-0.2, -0.15) is 0 Å². The highest BCUT2D eigenvalue weighted by Crippen LogP contribution is 2.44. The number of carbonyl (C=O) groups is 3. The fraction of sp³-hybridized carbons (Fsp3) is 0.371. The van der Waals surface area contributed by atoms with Gasteiger partial charge in [0, 0.05) is 64.2 Å². The fourth-order valence-electron chi connectivity index (χ4n) is 6.78. The van der Waals surface area contributed by atoms with Crippen LogP contribution in [-0.4, -0.2) is 65.2 Å². The number of benzene rings is 2. The van der Waals surface area contributed by atoms with E-state index in [-0.39, 0.29) is 36.1 Å². The third kappa shape index (κ3) is 7.36. The van der Waals surface area contributed by atoms with E-state index in [9.17, 15) is 14.4 Å². The lowest BCUT2D eigenvalue weighted by molar-refractivity contribution is -0.133. The molecule has 234 valence electrons. The zero-order valence-corrected chi connectivity index (χ0v) is 28.8. The van der Waals surface area contributed by atoms with Crippen LogP contribution in [0.2, 0.25) is 5.02 Å². The van der Waals surface area contributed by atoms with Gasteiger partial charge >= 0.3 is 0 Å². The molecule has 0 unspecified atom stereocenters. The Balaban J connectivity index is 1.05. The van der Waals surface area contributed by atoms with Crippen LogP contribution in [-0.2, 0) is 22.4 Å². The summed E-state index contributed by atoms with van der Waals surface area (Å²) in [7, 11) is 0. The Morgan fingerprint density at radius 2 is 1.67 bits per heavy atom. The van der Waals surface area contributed by atoms with Crippen LogP contribution < -0.4 is 5.32 Å². The molecule has 7 nitrogen and oxygen atoms in total. The summed E-state index contributed by atoms with van der Waals surface area (Å²) >= 11 is 13.9. The van der Waals surface area contributed by atoms with Crippen LogP contribution in [0.15, 0.2) is 75.3 Å². The van der Waals surface area contributed by atoms with E-state index < -0.39 is 0 Å². The van der Waals surface area contributed by atoms with E-state index >= 15 is 0 Å². The number of nitrogens with one attached hydrogen (secondary N) is 1. The lowest BCUT2D eigenvalue weighted by Gasteiger charge is -2.34. The molecule has 1 saturated heterocycles. The number of aryl methyl sites for hydroxylation is 2. The molecule has 0 radical (unpaired) electrons. The number of halogens is 3. The number of hydrogen-bond acceptors (Lipinski definition) is 4. The van der Waals surface area contributed by atoms with Crippen molar-refractivity contribution < 1.29 is 14.4 Å². The molecule has 3 amide bonds. The predicted molar refractivity (Wildman–Crippen MR) is 182 cm³/mol. The lowest BCUT2D eigenvalue weighted by atomic mass is 9.82. The SMILES string of the molecule is O=C(NCC(=O)N1CCC(CC(=O)N2CC=C([C@H]3c4ncc(Br)cc4CCc4cc(Cl)cc(Br)c43)CC2)CC1)c1ccccc1. The van der Waals surface area contributed by atoms with Gasteiger partial charge in [0.25, 0.3) is 5.91 Å². The number of hydrogen-bond donors (Lipinski definition) is 1. The van der Waals surface area contributed by atoms with Gasteiger partial charge in [-0.1, -0.05) is 57.4 Å². The Morgan fingerprint density at radius 1 is 0.911 bits per heavy atom. The van der Waals surface area contributed by atoms with Crippen LogP contribution in [0.3, 0.4) is 0 Å². The van der Waals surface area contributed by atoms with Gasteiger partial charge < -0.3 is 15.1 Å². The number of rotatable bonds is 6. The largest absolute Gasteiger partial charge is 0.343 e. The third-order valence-corrected chi connectivity index (χ3v) is 10.5. The van der Waals surface area contributed by atoms with Crippen molar-refractivity contribution in [2.45, 2.75) is 44.4 Å². The van der Waals surface area contributed by atoms with Crippen LogP contribution in [0, 0.1) is 5.92 Å². The average molecular weight is 755 g/mol. The smallest absolute Gasteiger partial charge is 0.251 e. The van der Waals surface area contributed by atoms with E-state index in [4.69, 9.17) is 16.6 Å². The van der Waals surface area contributed by atoms with Gasteiger partial charge in [-0.25, -0.2) is 0 Å². The minimum atomic E-state index is -0.253. The molecule has 1 aromatic heterocycles. The number of carbonyl (C=O) groups excluding carboxylic acids is 3. The summed E-state index contributed by atoms with van der Waals surface area (Å²) in [6, 6.07) is 15.1. The van der Waals surface area contributed by atoms with Crippen molar-refractivity contribution in [2.75, 3.05) is 32.7 Å². The second-order valence-electron chi connectivity index (χ2n) is 12.0. The van der Waals surface area contributed by atoms with Crippen molar-refractivity contribution in [3.63, 3.8) is 0 Å². The summed E-state index contributed by atoms with van der Waals surface area (Å²) in [5.41, 5.74) is 6.58. The predicted octanol–water partition coefficient (Wildman–Crippen LogP) is 6.71. The van der Waals surface area contributed by atoms with Gasteiger partial charge in [0.15, 0.2) is 0 Å². The Kier molecular flexibility index (Phi) is 10.1. The van der Waals surface area contributed by atoms with Crippen LogP contribution in [0.1, 0.15) is 64.3 Å². The highest BCUT2D eigenvalue weighted by atomic mass is 79.9. The molecule has 3 aliphatic rings. The highest BCUT2D eigenvalue weighted by Gasteiger charge is 2.33. The Bertz CT molecular complexity index is 1640. The molecule has 1 aliphatic carbocycles. The molecule has 3 heterocycles. The zero-order valence-electron chi connectivity index (χ0n) is 24.9. The molecule has 0 spiro atoms. The second-order valence-corrected chi connectivity index (χ2v) is 14.2. The van der Waals surface area contributed by atoms with Crippen molar-refractivity contribution in [1.82, 2.24) is 20.1 Å². The minimum Gasteiger partial charge on any atom is -0.343 e. The van der Waals surface area contributed by atoms with Crippen molar-refractivity contribution in [1.29, 1.82) is 0 Å². The number of likely N-dealkylation sites (tertiary alicyclic amines) is 1. The van der Waals surface area contributed by atoms with Crippen molar-refractivity contribution in [2.24, 2.45) is 5.92 Å². The fourth-order valence-corrected chi connectivity index (χ4v) is 8.26. The van der Waals surface area contributed by atoms with E-state index in [2.05, 4.69) is 55.4 Å². The molecule has 1 atom stereocenters. The van der Waals surface area contributed by atoms with Crippen molar-refractivity contribution in [3.8, 4) is 0 Å². The minimum absolute atomic E-state index is 0.00818. The Hall–Kier alpha value is -3.01. The van der Waals surface area contributed by atoms with Gasteiger partial charge in [0.05, 0.1) is 12.2 Å². The first-order valence-electron chi connectivity index (χ1n) is 15.5. The summed E-state index contributed by atoms with van der Waals surface area (Å²) in [6.45, 7) is 2.43. The first-order chi connectivity index (χ1) is 21.8. The number of piperidine rings is 1. The summed E-state index contributed by atoms with van der Waals surface area (Å²) < 4.78 is 1.97. The van der Waals surface area contributed by atoms with E-state index in [1.807, 2.05) is 23.2 Å². The molecule has 0 saturated carbocycles. The number of amides is 3. The molecular formula is C35H35Br2ClN4O3. The molecular weight excluding hydrogens is 720 g/mol. The zero-order chi connectivity index (χ0) is 31.5. The third-order valence-electron chi connectivity index (χ3n) is 9.21. The molecule has 45 heavy (non-hydrogen) atoms. The number of nitrogens with zero attached hydrogens (tertiary/aromatic N) is 3. The normalized spacial score (nSPS) is 18.4. The van der Waals surface area contributed by atoms with Crippen LogP contribution in [0.25, 0.3) is 0 Å². The molecule has 3 aromatic rings. The maximum absolute atomic E-state index is 13.4. The van der Waals surface area contributed by atoms with Crippen molar-refractivity contribution >= 4 is 61.2 Å². The first kappa shape index (κ1) is 32.0. The summed E-state index contributed by atoms with van der Waals surface area (Å²) in [4.78, 5) is 47.1. The molecule has 2 aliphatic heterocycles. The average Bonchev–Trinajstić information content (AvgIpc) is 3.21. The summed E-state index contributed by atoms with van der Waals surface area (Å²) in [5.74, 6) is 0.0812. The topological polar surface area (TPSA) is 82.6 Å². The summed E-state index contributed by atoms with van der Waals surface area (Å²) in [5, 5.41) is 3.44. The summed E-state index contributed by atoms with van der Waals surface area (Å²) in [6.07, 6.45) is 8.72. The van der Waals surface area contributed by atoms with Crippen molar-refractivity contribution in [3.05, 3.63) is 108 Å². The van der Waals surface area contributed by atoms with Gasteiger partial charge in [-0.3, -0.25) is 19.4 Å². The van der Waals surface area contributed by atoms with E-state index in [0.717, 1.165) is 51.8 Å². The van der Waals surface area contributed by atoms with Crippen LogP contribution in [0.5, 0.6) is 0 Å². The van der Waals surface area contributed by atoms with Gasteiger partial charge in [-0.15, -0.1) is 0 Å². The van der Waals surface area contributed by atoms with Gasteiger partial charge in [0.2, 0.25) is 11.8 Å². The quantitative estimate of drug-likeness (QED) is 0.284. The van der Waals surface area contributed by atoms with Crippen LogP contribution >= 0.6 is 43.5 Å². The van der Waals surface area contributed by atoms with Crippen LogP contribution in [0.4, 0.5) is 0 Å². The van der Waals surface area contributed by atoms with E-state index in [1.54, 1.807) is 29.2 Å². The monoisotopic (exact) mass is 752 g/mol. The first-order valence-corrected chi connectivity index (χ1v) is 17.4. The molecule has 10 heteroatoms. The number of aromatic nitrogens is 1. The van der Waals surface area contributed by atoms with E-state index in [1.165, 1.54) is 22.3 Å². The Labute approximate surface area is 285 Å². The number of fused-ring (bicyclic) bond motifs is 2. The second kappa shape index (κ2) is 14.2. The molecule has 1 N–H and O–H groups in total. The molecule has 0 bridgehead atoms. The standard InChI is InChI=1S/C35H35Br2ClN4O3/c36-27-17-26-7-6-25-18-28(38)19-29(37)32(25)33(34(26)39-20-27)23-10-14-41(15-11-23)30(43)16-22-8-12-42(13-9-22)31(44)21-40-35(45)24-4-2-1-3-5-24/h1-5,10,17-20,22,33H,6-9,11-16,21H2,(H,40,45)/t33-/m1/s1. The maximum Gasteiger partial charge on any atom is 0.251 e. The highest BCUT2D eigenvalue weighted by molar-refractivity contribution is 9.10. The van der Waals surface area contributed by atoms with Gasteiger partial charge in [-0.05, 0) is 101 Å². The lowest BCUT2D eigenvalue weighted by Crippen LogP contribution is -2.45. The molecule has 6 rings (SSSR count).